The van der Waals surface area contributed by atoms with Crippen LogP contribution in [-0.2, 0) is 10.2 Å². The molecular weight excluding hydrogens is 172 g/mol. The highest BCUT2D eigenvalue weighted by atomic mass is 32.1. The van der Waals surface area contributed by atoms with Crippen LogP contribution in [0, 0.1) is 6.92 Å². The summed E-state index contributed by atoms with van der Waals surface area (Å²) < 4.78 is 0. The van der Waals surface area contributed by atoms with Gasteiger partial charge in [0.1, 0.15) is 5.41 Å². The van der Waals surface area contributed by atoms with E-state index in [1.807, 2.05) is 19.1 Å². The summed E-state index contributed by atoms with van der Waals surface area (Å²) in [5.41, 5.74) is -0.501. The van der Waals surface area contributed by atoms with Gasteiger partial charge in [-0.1, -0.05) is 0 Å². The van der Waals surface area contributed by atoms with Gasteiger partial charge in [0.25, 0.3) is 0 Å². The predicted octanol–water partition coefficient (Wildman–Crippen LogP) is 2.17. The molecule has 1 aromatic rings. The molecule has 1 aliphatic rings. The topological polar surface area (TPSA) is 37.3 Å². The van der Waals surface area contributed by atoms with Crippen LogP contribution in [0.5, 0.6) is 0 Å². The zero-order chi connectivity index (χ0) is 8.77. The molecule has 1 N–H and O–H groups in total. The van der Waals surface area contributed by atoms with E-state index in [0.29, 0.717) is 0 Å². The van der Waals surface area contributed by atoms with Gasteiger partial charge in [-0.05, 0) is 31.9 Å². The highest BCUT2D eigenvalue weighted by Crippen LogP contribution is 2.50. The number of thiophene rings is 1. The molecule has 12 heavy (non-hydrogen) atoms. The highest BCUT2D eigenvalue weighted by Gasteiger charge is 2.52. The van der Waals surface area contributed by atoms with Crippen LogP contribution in [0.1, 0.15) is 22.6 Å². The van der Waals surface area contributed by atoms with Crippen LogP contribution in [0.2, 0.25) is 0 Å². The molecule has 3 heteroatoms. The standard InChI is InChI=1S/C9H10O2S/c1-6-2-3-7(12-6)9(4-5-9)8(10)11/h2-3H,4-5H2,1H3,(H,10,11). The maximum Gasteiger partial charge on any atom is 0.314 e. The molecule has 0 saturated heterocycles. The monoisotopic (exact) mass is 182 g/mol. The fourth-order valence-electron chi connectivity index (χ4n) is 1.38. The number of aliphatic carboxylic acids is 1. The Kier molecular flexibility index (Phi) is 1.51. The molecule has 1 saturated carbocycles. The summed E-state index contributed by atoms with van der Waals surface area (Å²) in [7, 11) is 0. The first-order valence-corrected chi connectivity index (χ1v) is 4.77. The smallest absolute Gasteiger partial charge is 0.314 e. The Balaban J connectivity index is 2.36. The highest BCUT2D eigenvalue weighted by molar-refractivity contribution is 7.12. The van der Waals surface area contributed by atoms with Crippen molar-refractivity contribution in [2.75, 3.05) is 0 Å². The zero-order valence-corrected chi connectivity index (χ0v) is 7.65. The van der Waals surface area contributed by atoms with Crippen LogP contribution in [0.25, 0.3) is 0 Å². The lowest BCUT2D eigenvalue weighted by atomic mass is 10.1. The van der Waals surface area contributed by atoms with Crippen molar-refractivity contribution in [2.45, 2.75) is 25.2 Å². The second-order valence-corrected chi connectivity index (χ2v) is 4.59. The number of rotatable bonds is 2. The van der Waals surface area contributed by atoms with Crippen LogP contribution >= 0.6 is 11.3 Å². The third kappa shape index (κ3) is 0.966. The molecule has 2 nitrogen and oxygen atoms in total. The van der Waals surface area contributed by atoms with Crippen molar-refractivity contribution in [2.24, 2.45) is 0 Å². The van der Waals surface area contributed by atoms with Crippen molar-refractivity contribution in [3.05, 3.63) is 21.9 Å². The number of aryl methyl sites for hydroxylation is 1. The summed E-state index contributed by atoms with van der Waals surface area (Å²) in [5.74, 6) is -0.663. The fourth-order valence-corrected chi connectivity index (χ4v) is 2.49. The Labute approximate surface area is 74.8 Å². The molecule has 0 unspecified atom stereocenters. The zero-order valence-electron chi connectivity index (χ0n) is 6.83. The van der Waals surface area contributed by atoms with Crippen molar-refractivity contribution >= 4 is 17.3 Å². The van der Waals surface area contributed by atoms with Crippen molar-refractivity contribution in [3.63, 3.8) is 0 Å². The molecule has 0 aromatic carbocycles. The largest absolute Gasteiger partial charge is 0.481 e. The van der Waals surface area contributed by atoms with Crippen molar-refractivity contribution < 1.29 is 9.90 Å². The van der Waals surface area contributed by atoms with E-state index in [1.54, 1.807) is 11.3 Å². The van der Waals surface area contributed by atoms with E-state index in [9.17, 15) is 4.79 Å². The molecular formula is C9H10O2S. The first kappa shape index (κ1) is 7.80. The molecule has 0 spiro atoms. The Morgan fingerprint density at radius 2 is 2.25 bits per heavy atom. The number of carbonyl (C=O) groups is 1. The minimum Gasteiger partial charge on any atom is -0.481 e. The third-order valence-electron chi connectivity index (χ3n) is 2.37. The Bertz CT molecular complexity index is 323. The summed E-state index contributed by atoms with van der Waals surface area (Å²) in [6.45, 7) is 2.01. The minimum absolute atomic E-state index is 0.501. The SMILES string of the molecule is Cc1ccc(C2(C(=O)O)CC2)s1. The fraction of sp³-hybridized carbons (Fsp3) is 0.444. The van der Waals surface area contributed by atoms with Gasteiger partial charge in [0.15, 0.2) is 0 Å². The lowest BCUT2D eigenvalue weighted by molar-refractivity contribution is -0.139. The number of hydrogen-bond donors (Lipinski definition) is 1. The van der Waals surface area contributed by atoms with Crippen LogP contribution in [0.3, 0.4) is 0 Å². The van der Waals surface area contributed by atoms with Crippen molar-refractivity contribution in [1.29, 1.82) is 0 Å². The lowest BCUT2D eigenvalue weighted by Crippen LogP contribution is -2.17. The van der Waals surface area contributed by atoms with Crippen LogP contribution in [0.15, 0.2) is 12.1 Å². The van der Waals surface area contributed by atoms with Crippen molar-refractivity contribution in [3.8, 4) is 0 Å². The normalized spacial score (nSPS) is 19.1. The number of carboxylic acids is 1. The molecule has 0 bridgehead atoms. The molecule has 1 aliphatic carbocycles. The number of carboxylic acid groups (broad SMARTS) is 1. The van der Waals surface area contributed by atoms with Gasteiger partial charge >= 0.3 is 5.97 Å². The Morgan fingerprint density at radius 1 is 1.58 bits per heavy atom. The summed E-state index contributed by atoms with van der Waals surface area (Å²) in [5, 5.41) is 8.97. The van der Waals surface area contributed by atoms with Gasteiger partial charge in [0, 0.05) is 9.75 Å². The van der Waals surface area contributed by atoms with Gasteiger partial charge in [-0.2, -0.15) is 0 Å². The number of hydrogen-bond acceptors (Lipinski definition) is 2. The van der Waals surface area contributed by atoms with E-state index in [0.717, 1.165) is 17.7 Å². The average Bonchev–Trinajstić information content (AvgIpc) is 2.71. The summed E-state index contributed by atoms with van der Waals surface area (Å²) in [6, 6.07) is 3.93. The Morgan fingerprint density at radius 3 is 2.58 bits per heavy atom. The van der Waals surface area contributed by atoms with Crippen LogP contribution in [-0.4, -0.2) is 11.1 Å². The molecule has 0 atom stereocenters. The second-order valence-electron chi connectivity index (χ2n) is 3.30. The van der Waals surface area contributed by atoms with Gasteiger partial charge in [0.2, 0.25) is 0 Å². The van der Waals surface area contributed by atoms with E-state index in [2.05, 4.69) is 0 Å². The maximum atomic E-state index is 10.9. The first-order chi connectivity index (χ1) is 5.65. The molecule has 0 amide bonds. The molecule has 64 valence electrons. The summed E-state index contributed by atoms with van der Waals surface area (Å²) >= 11 is 1.60. The molecule has 1 fully saturated rings. The molecule has 0 radical (unpaired) electrons. The van der Waals surface area contributed by atoms with E-state index >= 15 is 0 Å². The van der Waals surface area contributed by atoms with Gasteiger partial charge in [-0.25, -0.2) is 0 Å². The van der Waals surface area contributed by atoms with Gasteiger partial charge in [0.05, 0.1) is 0 Å². The minimum atomic E-state index is -0.663. The molecule has 0 aliphatic heterocycles. The van der Waals surface area contributed by atoms with Crippen LogP contribution in [0.4, 0.5) is 0 Å². The summed E-state index contributed by atoms with van der Waals surface area (Å²) in [6.07, 6.45) is 1.62. The molecule has 2 rings (SSSR count). The molecule has 1 aromatic heterocycles. The third-order valence-corrected chi connectivity index (χ3v) is 3.58. The predicted molar refractivity (Wildman–Crippen MR) is 47.6 cm³/mol. The van der Waals surface area contributed by atoms with Crippen molar-refractivity contribution in [1.82, 2.24) is 0 Å². The van der Waals surface area contributed by atoms with Crippen LogP contribution < -0.4 is 0 Å². The average molecular weight is 182 g/mol. The van der Waals surface area contributed by atoms with Gasteiger partial charge in [-0.3, -0.25) is 4.79 Å². The van der Waals surface area contributed by atoms with E-state index < -0.39 is 11.4 Å². The summed E-state index contributed by atoms with van der Waals surface area (Å²) in [4.78, 5) is 13.1. The quantitative estimate of drug-likeness (QED) is 0.761. The van der Waals surface area contributed by atoms with E-state index in [4.69, 9.17) is 5.11 Å². The first-order valence-electron chi connectivity index (χ1n) is 3.95. The van der Waals surface area contributed by atoms with Gasteiger partial charge < -0.3 is 5.11 Å². The van der Waals surface area contributed by atoms with E-state index in [-0.39, 0.29) is 0 Å². The van der Waals surface area contributed by atoms with Gasteiger partial charge in [-0.15, -0.1) is 11.3 Å². The van der Waals surface area contributed by atoms with E-state index in [1.165, 1.54) is 4.88 Å². The lowest BCUT2D eigenvalue weighted by Gasteiger charge is -2.04. The molecule has 1 heterocycles. The maximum absolute atomic E-state index is 10.9. The Hall–Kier alpha value is -0.830. The second kappa shape index (κ2) is 2.33.